The average Bonchev–Trinajstić information content (AvgIpc) is 3.64. The molecule has 0 atom stereocenters. The molecule has 4 fully saturated rings. The van der Waals surface area contributed by atoms with E-state index in [9.17, 15) is 0 Å². The Kier molecular flexibility index (Phi) is 5.85. The molecule has 5 aromatic carbocycles. The lowest BCUT2D eigenvalue weighted by Crippen LogP contribution is -2.55. The van der Waals surface area contributed by atoms with Gasteiger partial charge in [0.25, 0.3) is 0 Å². The third-order valence-electron chi connectivity index (χ3n) is 14.5. The lowest BCUT2D eigenvalue weighted by molar-refractivity contribution is -0.0399. The normalized spacial score (nSPS) is 27.8. The molecule has 4 bridgehead atoms. The Balaban J connectivity index is 1.17. The Morgan fingerprint density at radius 1 is 0.540 bits per heavy atom. The zero-order valence-electron chi connectivity index (χ0n) is 29.9. The van der Waals surface area contributed by atoms with Gasteiger partial charge in [0.15, 0.2) is 5.58 Å². The second-order valence-electron chi connectivity index (χ2n) is 18.0. The van der Waals surface area contributed by atoms with E-state index in [0.717, 1.165) is 40.5 Å². The minimum atomic E-state index is 0.113. The van der Waals surface area contributed by atoms with Crippen LogP contribution >= 0.6 is 0 Å². The van der Waals surface area contributed by atoms with Gasteiger partial charge in [0.05, 0.1) is 5.69 Å². The van der Waals surface area contributed by atoms with Crippen LogP contribution in [-0.4, -0.2) is 0 Å². The van der Waals surface area contributed by atoms with Gasteiger partial charge in [-0.2, -0.15) is 0 Å². The van der Waals surface area contributed by atoms with E-state index in [2.05, 4.69) is 136 Å². The quantitative estimate of drug-likeness (QED) is 0.189. The van der Waals surface area contributed by atoms with E-state index in [-0.39, 0.29) is 16.2 Å². The minimum Gasteiger partial charge on any atom is -0.454 e. The van der Waals surface area contributed by atoms with E-state index in [0.29, 0.717) is 0 Å². The van der Waals surface area contributed by atoms with Gasteiger partial charge in [-0.1, -0.05) is 94.4 Å². The number of furan rings is 1. The van der Waals surface area contributed by atoms with Crippen LogP contribution in [0.15, 0.2) is 108 Å². The summed E-state index contributed by atoms with van der Waals surface area (Å²) in [5, 5.41) is 2.35. The number of anilines is 3. The number of benzene rings is 5. The highest BCUT2D eigenvalue weighted by Crippen LogP contribution is 2.69. The van der Waals surface area contributed by atoms with Crippen molar-refractivity contribution in [2.45, 2.75) is 88.9 Å². The van der Waals surface area contributed by atoms with Gasteiger partial charge in [-0.15, -0.1) is 0 Å². The highest BCUT2D eigenvalue weighted by Gasteiger charge is 2.61. The van der Waals surface area contributed by atoms with Crippen molar-refractivity contribution in [1.82, 2.24) is 0 Å². The Morgan fingerprint density at radius 2 is 1.16 bits per heavy atom. The summed E-state index contributed by atoms with van der Waals surface area (Å²) in [4.78, 5) is 2.54. The number of rotatable bonds is 3. The van der Waals surface area contributed by atoms with Gasteiger partial charge in [0.2, 0.25) is 0 Å². The summed E-state index contributed by atoms with van der Waals surface area (Å²) >= 11 is 0. The maximum Gasteiger partial charge on any atom is 0.159 e. The number of hydrogen-bond acceptors (Lipinski definition) is 2. The number of para-hydroxylation sites is 2. The average molecular weight is 654 g/mol. The van der Waals surface area contributed by atoms with Gasteiger partial charge in [0, 0.05) is 27.6 Å². The second-order valence-corrected chi connectivity index (χ2v) is 18.0. The molecule has 2 nitrogen and oxygen atoms in total. The van der Waals surface area contributed by atoms with Crippen LogP contribution in [0.4, 0.5) is 17.1 Å². The topological polar surface area (TPSA) is 16.4 Å². The molecule has 50 heavy (non-hydrogen) atoms. The second kappa shape index (κ2) is 9.93. The summed E-state index contributed by atoms with van der Waals surface area (Å²) < 4.78 is 6.78. The van der Waals surface area contributed by atoms with Gasteiger partial charge in [-0.05, 0) is 149 Å². The molecule has 1 heterocycles. The Hall–Kier alpha value is -4.30. The lowest BCUT2D eigenvalue weighted by Gasteiger charge is -2.61. The third-order valence-corrected chi connectivity index (χ3v) is 14.5. The van der Waals surface area contributed by atoms with Crippen LogP contribution < -0.4 is 4.90 Å². The van der Waals surface area contributed by atoms with Crippen LogP contribution in [0, 0.1) is 23.7 Å². The van der Waals surface area contributed by atoms with Crippen LogP contribution in [0.25, 0.3) is 33.1 Å². The standard InChI is InChI=1S/C48H47NO/c1-46(2)20-21-47(3,4)42-28-34(17-19-40(42)46)49(43-14-9-12-38-37-11-6-8-15-44(37)50-45(38)43)33-16-18-36-35-10-5-7-13-39(35)48(41(36)27-33)31-23-29-22-30(25-31)26-32(48)24-29/h5-19,27-32H,20-26H2,1-4H3. The number of fused-ring (bicyclic) bond motifs is 7. The molecule has 6 aromatic rings. The zero-order chi connectivity index (χ0) is 33.6. The van der Waals surface area contributed by atoms with Crippen molar-refractivity contribution in [2.24, 2.45) is 23.7 Å². The monoisotopic (exact) mass is 653 g/mol. The highest BCUT2D eigenvalue weighted by atomic mass is 16.3. The van der Waals surface area contributed by atoms with Crippen molar-refractivity contribution in [2.75, 3.05) is 4.90 Å². The van der Waals surface area contributed by atoms with Crippen LogP contribution in [-0.2, 0) is 16.2 Å². The fraction of sp³-hybridized carbons (Fsp3) is 0.375. The maximum absolute atomic E-state index is 6.78. The molecule has 12 rings (SSSR count). The Morgan fingerprint density at radius 3 is 1.94 bits per heavy atom. The summed E-state index contributed by atoms with van der Waals surface area (Å²) in [6, 6.07) is 39.6. The fourth-order valence-electron chi connectivity index (χ4n) is 12.3. The van der Waals surface area contributed by atoms with Crippen LogP contribution in [0.2, 0.25) is 0 Å². The summed E-state index contributed by atoms with van der Waals surface area (Å²) in [6.45, 7) is 9.74. The van der Waals surface area contributed by atoms with Crippen LogP contribution in [0.1, 0.15) is 94.9 Å². The van der Waals surface area contributed by atoms with E-state index < -0.39 is 0 Å². The van der Waals surface area contributed by atoms with Crippen molar-refractivity contribution in [3.05, 3.63) is 125 Å². The van der Waals surface area contributed by atoms with Crippen molar-refractivity contribution in [3.8, 4) is 11.1 Å². The summed E-state index contributed by atoms with van der Waals surface area (Å²) in [5.74, 6) is 3.31. The van der Waals surface area contributed by atoms with Gasteiger partial charge < -0.3 is 9.32 Å². The SMILES string of the molecule is CC1(C)CCC(C)(C)c2cc(N(c3ccc4c(c3)C3(c5ccccc5-4)C4CC5CC(C4)CC3C5)c3cccc4c3oc3ccccc34)ccc21. The first-order valence-electron chi connectivity index (χ1n) is 19.3. The molecule has 1 aromatic heterocycles. The minimum absolute atomic E-state index is 0.113. The molecule has 0 radical (unpaired) electrons. The highest BCUT2D eigenvalue weighted by molar-refractivity contribution is 6.10. The molecule has 0 unspecified atom stereocenters. The largest absolute Gasteiger partial charge is 0.454 e. The van der Waals surface area contributed by atoms with Gasteiger partial charge >= 0.3 is 0 Å². The van der Waals surface area contributed by atoms with E-state index >= 15 is 0 Å². The molecular weight excluding hydrogens is 607 g/mol. The summed E-state index contributed by atoms with van der Waals surface area (Å²) in [6.07, 6.45) is 9.45. The Labute approximate surface area is 296 Å². The molecule has 0 N–H and O–H groups in total. The molecule has 6 aliphatic rings. The smallest absolute Gasteiger partial charge is 0.159 e. The molecule has 0 amide bonds. The molecule has 4 saturated carbocycles. The predicted octanol–water partition coefficient (Wildman–Crippen LogP) is 13.1. The van der Waals surface area contributed by atoms with E-state index in [1.165, 1.54) is 89.3 Å². The Bertz CT molecular complexity index is 2340. The van der Waals surface area contributed by atoms with Gasteiger partial charge in [-0.3, -0.25) is 0 Å². The van der Waals surface area contributed by atoms with Crippen molar-refractivity contribution in [1.29, 1.82) is 0 Å². The van der Waals surface area contributed by atoms with Crippen molar-refractivity contribution < 1.29 is 4.42 Å². The summed E-state index contributed by atoms with van der Waals surface area (Å²) in [7, 11) is 0. The predicted molar refractivity (Wildman–Crippen MR) is 207 cm³/mol. The van der Waals surface area contributed by atoms with Crippen molar-refractivity contribution in [3.63, 3.8) is 0 Å². The van der Waals surface area contributed by atoms with Crippen molar-refractivity contribution >= 4 is 39.0 Å². The third kappa shape index (κ3) is 3.81. The van der Waals surface area contributed by atoms with E-state index in [1.54, 1.807) is 11.1 Å². The molecule has 250 valence electrons. The first-order chi connectivity index (χ1) is 24.2. The molecule has 0 saturated heterocycles. The van der Waals surface area contributed by atoms with Crippen LogP contribution in [0.5, 0.6) is 0 Å². The number of hydrogen-bond donors (Lipinski definition) is 0. The van der Waals surface area contributed by atoms with Crippen LogP contribution in [0.3, 0.4) is 0 Å². The first kappa shape index (κ1) is 29.4. The fourth-order valence-corrected chi connectivity index (χ4v) is 12.3. The summed E-state index contributed by atoms with van der Waals surface area (Å²) in [5.41, 5.74) is 15.0. The maximum atomic E-state index is 6.78. The van der Waals surface area contributed by atoms with E-state index in [1.807, 2.05) is 0 Å². The zero-order valence-corrected chi connectivity index (χ0v) is 29.9. The van der Waals surface area contributed by atoms with E-state index in [4.69, 9.17) is 4.42 Å². The van der Waals surface area contributed by atoms with Gasteiger partial charge in [-0.25, -0.2) is 0 Å². The number of nitrogens with zero attached hydrogens (tertiary/aromatic N) is 1. The van der Waals surface area contributed by atoms with Gasteiger partial charge in [0.1, 0.15) is 5.58 Å². The first-order valence-corrected chi connectivity index (χ1v) is 19.3. The molecule has 0 aliphatic heterocycles. The molecule has 2 heteroatoms. The lowest BCUT2D eigenvalue weighted by atomic mass is 9.43. The molecule has 6 aliphatic carbocycles. The molecule has 1 spiro atoms. The molecular formula is C48H47NO.